The highest BCUT2D eigenvalue weighted by Crippen LogP contribution is 2.23. The Kier molecular flexibility index (Phi) is 4.07. The lowest BCUT2D eigenvalue weighted by Crippen LogP contribution is -2.33. The standard InChI is InChI=1S/C15H14N2O6/c1-2-21-15(20)12-7-9(23-16-12)8-22-17-13(18)10-5-3-4-6-11(10)14(17)19/h3-6,9H,2,7-8H2,1H3/t9-/m1/s1. The second-order valence-corrected chi connectivity index (χ2v) is 4.94. The average Bonchev–Trinajstić information content (AvgIpc) is 3.12. The first kappa shape index (κ1) is 15.2. The van der Waals surface area contributed by atoms with Crippen LogP contribution in [-0.4, -0.2) is 47.9 Å². The Bertz CT molecular complexity index is 664. The first-order valence-electron chi connectivity index (χ1n) is 7.12. The van der Waals surface area contributed by atoms with E-state index in [-0.39, 0.29) is 25.3 Å². The number of hydrogen-bond acceptors (Lipinski definition) is 7. The molecule has 0 N–H and O–H groups in total. The fraction of sp³-hybridized carbons (Fsp3) is 0.333. The molecule has 0 fully saturated rings. The number of rotatable bonds is 5. The van der Waals surface area contributed by atoms with Gasteiger partial charge >= 0.3 is 5.97 Å². The lowest BCUT2D eigenvalue weighted by molar-refractivity contribution is -0.135. The van der Waals surface area contributed by atoms with Gasteiger partial charge < -0.3 is 9.57 Å². The van der Waals surface area contributed by atoms with Crippen molar-refractivity contribution in [3.8, 4) is 0 Å². The van der Waals surface area contributed by atoms with Crippen LogP contribution in [0, 0.1) is 0 Å². The highest BCUT2D eigenvalue weighted by atomic mass is 16.7. The fourth-order valence-corrected chi connectivity index (χ4v) is 2.29. The van der Waals surface area contributed by atoms with Crippen molar-refractivity contribution in [3.63, 3.8) is 0 Å². The minimum Gasteiger partial charge on any atom is -0.461 e. The maximum absolute atomic E-state index is 12.1. The third-order valence-corrected chi connectivity index (χ3v) is 3.39. The normalized spacial score (nSPS) is 19.4. The third-order valence-electron chi connectivity index (χ3n) is 3.39. The fourth-order valence-electron chi connectivity index (χ4n) is 2.29. The number of imide groups is 1. The molecule has 2 amide bonds. The van der Waals surface area contributed by atoms with Gasteiger partial charge in [-0.15, -0.1) is 5.06 Å². The number of amides is 2. The Morgan fingerprint density at radius 1 is 1.30 bits per heavy atom. The van der Waals surface area contributed by atoms with Crippen molar-refractivity contribution in [2.45, 2.75) is 19.4 Å². The highest BCUT2D eigenvalue weighted by Gasteiger charge is 2.38. The first-order chi connectivity index (χ1) is 11.1. The zero-order valence-electron chi connectivity index (χ0n) is 12.4. The van der Waals surface area contributed by atoms with Crippen LogP contribution in [0.5, 0.6) is 0 Å². The van der Waals surface area contributed by atoms with Crippen molar-refractivity contribution in [1.29, 1.82) is 0 Å². The van der Waals surface area contributed by atoms with Crippen LogP contribution in [0.4, 0.5) is 0 Å². The largest absolute Gasteiger partial charge is 0.461 e. The molecule has 0 bridgehead atoms. The Morgan fingerprint density at radius 3 is 2.57 bits per heavy atom. The summed E-state index contributed by atoms with van der Waals surface area (Å²) in [4.78, 5) is 46.0. The monoisotopic (exact) mass is 318 g/mol. The summed E-state index contributed by atoms with van der Waals surface area (Å²) in [7, 11) is 0. The molecule has 1 atom stereocenters. The highest BCUT2D eigenvalue weighted by molar-refractivity contribution is 6.36. The number of hydroxylamine groups is 2. The Hall–Kier alpha value is -2.74. The molecular formula is C15H14N2O6. The van der Waals surface area contributed by atoms with Gasteiger partial charge in [0.1, 0.15) is 6.61 Å². The van der Waals surface area contributed by atoms with Crippen LogP contribution in [0.2, 0.25) is 0 Å². The summed E-state index contributed by atoms with van der Waals surface area (Å²) in [6, 6.07) is 6.47. The molecule has 0 saturated carbocycles. The molecule has 0 spiro atoms. The summed E-state index contributed by atoms with van der Waals surface area (Å²) >= 11 is 0. The van der Waals surface area contributed by atoms with Crippen molar-refractivity contribution >= 4 is 23.5 Å². The SMILES string of the molecule is CCOC(=O)C1=NO[C@@H](CON2C(=O)c3ccccc3C2=O)C1. The molecule has 0 unspecified atom stereocenters. The summed E-state index contributed by atoms with van der Waals surface area (Å²) in [6.45, 7) is 1.85. The summed E-state index contributed by atoms with van der Waals surface area (Å²) in [5.41, 5.74) is 0.754. The van der Waals surface area contributed by atoms with Crippen molar-refractivity contribution < 1.29 is 28.8 Å². The van der Waals surface area contributed by atoms with Crippen molar-refractivity contribution in [2.75, 3.05) is 13.2 Å². The summed E-state index contributed by atoms with van der Waals surface area (Å²) in [6.07, 6.45) is -0.360. The summed E-state index contributed by atoms with van der Waals surface area (Å²) in [5, 5.41) is 4.34. The van der Waals surface area contributed by atoms with Crippen LogP contribution in [0.1, 0.15) is 34.1 Å². The number of hydrogen-bond donors (Lipinski definition) is 0. The number of ether oxygens (including phenoxy) is 1. The molecule has 3 rings (SSSR count). The molecule has 2 aliphatic rings. The van der Waals surface area contributed by atoms with E-state index >= 15 is 0 Å². The van der Waals surface area contributed by atoms with E-state index in [1.165, 1.54) is 0 Å². The topological polar surface area (TPSA) is 94.5 Å². The summed E-state index contributed by atoms with van der Waals surface area (Å²) in [5.74, 6) is -1.58. The molecule has 2 aliphatic heterocycles. The van der Waals surface area contributed by atoms with Crippen molar-refractivity contribution in [3.05, 3.63) is 35.4 Å². The van der Waals surface area contributed by atoms with Gasteiger partial charge in [0.05, 0.1) is 17.7 Å². The second kappa shape index (κ2) is 6.17. The predicted octanol–water partition coefficient (Wildman–Crippen LogP) is 0.922. The van der Waals surface area contributed by atoms with Gasteiger partial charge in [-0.2, -0.15) is 0 Å². The number of carbonyl (C=O) groups is 3. The van der Waals surface area contributed by atoms with Gasteiger partial charge in [0.25, 0.3) is 11.8 Å². The molecule has 23 heavy (non-hydrogen) atoms. The number of oxime groups is 1. The van der Waals surface area contributed by atoms with Gasteiger partial charge in [-0.1, -0.05) is 17.3 Å². The van der Waals surface area contributed by atoms with E-state index in [9.17, 15) is 14.4 Å². The van der Waals surface area contributed by atoms with Gasteiger partial charge in [0.2, 0.25) is 0 Å². The molecule has 120 valence electrons. The summed E-state index contributed by atoms with van der Waals surface area (Å²) < 4.78 is 4.82. The zero-order chi connectivity index (χ0) is 16.4. The second-order valence-electron chi connectivity index (χ2n) is 4.94. The lowest BCUT2D eigenvalue weighted by Gasteiger charge is -2.15. The smallest absolute Gasteiger partial charge is 0.356 e. The molecule has 1 aromatic carbocycles. The van der Waals surface area contributed by atoms with Gasteiger partial charge in [-0.25, -0.2) is 4.79 Å². The first-order valence-corrected chi connectivity index (χ1v) is 7.12. The van der Waals surface area contributed by atoms with Crippen LogP contribution in [0.3, 0.4) is 0 Å². The Labute approximate surface area is 131 Å². The van der Waals surface area contributed by atoms with Crippen LogP contribution in [0.25, 0.3) is 0 Å². The van der Waals surface area contributed by atoms with E-state index in [0.717, 1.165) is 0 Å². The number of carbonyl (C=O) groups excluding carboxylic acids is 3. The minimum absolute atomic E-state index is 0.0854. The predicted molar refractivity (Wildman–Crippen MR) is 76.5 cm³/mol. The van der Waals surface area contributed by atoms with E-state index in [0.29, 0.717) is 16.2 Å². The number of esters is 1. The molecule has 0 saturated heterocycles. The van der Waals surface area contributed by atoms with Crippen LogP contribution in [-0.2, 0) is 19.2 Å². The molecule has 8 nitrogen and oxygen atoms in total. The molecular weight excluding hydrogens is 304 g/mol. The number of nitrogens with zero attached hydrogens (tertiary/aromatic N) is 2. The zero-order valence-corrected chi connectivity index (χ0v) is 12.4. The quantitative estimate of drug-likeness (QED) is 0.592. The average molecular weight is 318 g/mol. The molecule has 2 heterocycles. The van der Waals surface area contributed by atoms with Crippen molar-refractivity contribution in [1.82, 2.24) is 5.06 Å². The van der Waals surface area contributed by atoms with E-state index < -0.39 is 23.9 Å². The van der Waals surface area contributed by atoms with E-state index in [1.54, 1.807) is 31.2 Å². The minimum atomic E-state index is -0.557. The molecule has 1 aromatic rings. The Morgan fingerprint density at radius 2 is 1.96 bits per heavy atom. The maximum atomic E-state index is 12.1. The van der Waals surface area contributed by atoms with Gasteiger partial charge in [0.15, 0.2) is 11.8 Å². The molecule has 0 aliphatic carbocycles. The number of benzene rings is 1. The van der Waals surface area contributed by atoms with Gasteiger partial charge in [0, 0.05) is 6.42 Å². The third kappa shape index (κ3) is 2.80. The number of fused-ring (bicyclic) bond motifs is 1. The molecule has 0 radical (unpaired) electrons. The lowest BCUT2D eigenvalue weighted by atomic mass is 10.1. The van der Waals surface area contributed by atoms with E-state index in [1.807, 2.05) is 0 Å². The molecule has 0 aromatic heterocycles. The van der Waals surface area contributed by atoms with Crippen LogP contribution < -0.4 is 0 Å². The molecule has 8 heteroatoms. The van der Waals surface area contributed by atoms with Gasteiger partial charge in [-0.3, -0.25) is 14.4 Å². The van der Waals surface area contributed by atoms with E-state index in [4.69, 9.17) is 14.4 Å². The van der Waals surface area contributed by atoms with Crippen LogP contribution in [0.15, 0.2) is 29.4 Å². The Balaban J connectivity index is 1.56. The van der Waals surface area contributed by atoms with Crippen LogP contribution >= 0.6 is 0 Å². The van der Waals surface area contributed by atoms with Crippen molar-refractivity contribution in [2.24, 2.45) is 5.16 Å². The maximum Gasteiger partial charge on any atom is 0.356 e. The van der Waals surface area contributed by atoms with E-state index in [2.05, 4.69) is 5.16 Å². The van der Waals surface area contributed by atoms with Gasteiger partial charge in [-0.05, 0) is 19.1 Å².